The second kappa shape index (κ2) is 15.6. The van der Waals surface area contributed by atoms with Gasteiger partial charge in [-0.15, -0.1) is 5.53 Å². The lowest BCUT2D eigenvalue weighted by Gasteiger charge is -2.35. The maximum Gasteiger partial charge on any atom is 0.410 e. The molecule has 1 atom stereocenters. The molecule has 4 aromatic carbocycles. The molecule has 0 aliphatic carbocycles. The summed E-state index contributed by atoms with van der Waals surface area (Å²) in [6.45, 7) is 1.36. The Morgan fingerprint density at radius 1 is 1.00 bits per heavy atom. The third kappa shape index (κ3) is 7.81. The van der Waals surface area contributed by atoms with Crippen LogP contribution < -0.4 is 21.6 Å². The van der Waals surface area contributed by atoms with Gasteiger partial charge in [-0.1, -0.05) is 77.3 Å². The molecule has 1 saturated heterocycles. The van der Waals surface area contributed by atoms with Gasteiger partial charge in [0.15, 0.2) is 0 Å². The van der Waals surface area contributed by atoms with Crippen molar-refractivity contribution in [3.05, 3.63) is 141 Å². The van der Waals surface area contributed by atoms with E-state index in [1.807, 2.05) is 71.9 Å². The summed E-state index contributed by atoms with van der Waals surface area (Å²) in [7, 11) is 0. The maximum atomic E-state index is 13.9. The van der Waals surface area contributed by atoms with Gasteiger partial charge in [-0.3, -0.25) is 9.99 Å². The second-order valence-electron chi connectivity index (χ2n) is 12.4. The highest BCUT2D eigenvalue weighted by Gasteiger charge is 2.31. The van der Waals surface area contributed by atoms with Gasteiger partial charge in [-0.2, -0.15) is 5.26 Å². The largest absolute Gasteiger partial charge is 0.445 e. The Hall–Kier alpha value is -5.25. The van der Waals surface area contributed by atoms with E-state index in [0.29, 0.717) is 51.1 Å². The van der Waals surface area contributed by atoms with Gasteiger partial charge in [0.25, 0.3) is 0 Å². The van der Waals surface area contributed by atoms with Gasteiger partial charge in [0, 0.05) is 53.3 Å². The minimum atomic E-state index is -0.553. The minimum Gasteiger partial charge on any atom is -0.445 e. The van der Waals surface area contributed by atoms with Crippen molar-refractivity contribution in [2.24, 2.45) is 0 Å². The van der Waals surface area contributed by atoms with Gasteiger partial charge in [0.05, 0.1) is 38.6 Å². The summed E-state index contributed by atoms with van der Waals surface area (Å²) < 4.78 is 19.5. The lowest BCUT2D eigenvalue weighted by atomic mass is 10.0. The first-order valence-electron chi connectivity index (χ1n) is 16.5. The fourth-order valence-electron chi connectivity index (χ4n) is 6.27. The highest BCUT2D eigenvalue weighted by molar-refractivity contribution is 6.36. The molecule has 2 aliphatic rings. The van der Waals surface area contributed by atoms with E-state index in [0.717, 1.165) is 29.7 Å². The topological polar surface area (TPSA) is 118 Å². The first-order valence-corrected chi connectivity index (χ1v) is 17.6. The SMILES string of the molecule is N#Cc1cnc2c(Cl)cc(NC(C3=CN(C4CCN(C(=O)OCc5ccccc5)CC4)NN3)c3ccc(Cl)cc3)cc2c1Nc1ccc(F)c(Cl)c1. The van der Waals surface area contributed by atoms with Crippen molar-refractivity contribution in [1.29, 1.82) is 5.26 Å². The number of nitrogens with zero attached hydrogens (tertiary/aromatic N) is 4. The third-order valence-corrected chi connectivity index (χ3v) is 9.82. The van der Waals surface area contributed by atoms with E-state index in [1.165, 1.54) is 24.4 Å². The Morgan fingerprint density at radius 2 is 1.75 bits per heavy atom. The molecule has 0 bridgehead atoms. The molecular weight excluding hydrogens is 726 g/mol. The van der Waals surface area contributed by atoms with E-state index in [2.05, 4.69) is 32.6 Å². The van der Waals surface area contributed by atoms with Crippen molar-refractivity contribution in [1.82, 2.24) is 25.9 Å². The molecule has 1 amide bonds. The number of rotatable bonds is 9. The lowest BCUT2D eigenvalue weighted by Crippen LogP contribution is -2.49. The van der Waals surface area contributed by atoms with Crippen LogP contribution in [-0.2, 0) is 11.3 Å². The molecule has 1 aromatic heterocycles. The Bertz CT molecular complexity index is 2170. The molecule has 1 fully saturated rings. The van der Waals surface area contributed by atoms with Crippen LogP contribution in [0.4, 0.5) is 26.2 Å². The predicted molar refractivity (Wildman–Crippen MR) is 201 cm³/mol. The molecule has 1 unspecified atom stereocenters. The number of hydrogen-bond donors (Lipinski definition) is 4. The number of fused-ring (bicyclic) bond motifs is 1. The minimum absolute atomic E-state index is 0.0556. The summed E-state index contributed by atoms with van der Waals surface area (Å²) in [4.78, 5) is 19.0. The van der Waals surface area contributed by atoms with Gasteiger partial charge in [-0.25, -0.2) is 9.18 Å². The zero-order valence-electron chi connectivity index (χ0n) is 27.5. The van der Waals surface area contributed by atoms with Crippen LogP contribution in [0.1, 0.15) is 35.6 Å². The number of anilines is 3. The number of nitrogens with one attached hydrogen (secondary N) is 4. The van der Waals surface area contributed by atoms with E-state index in [-0.39, 0.29) is 29.3 Å². The normalized spacial score (nSPS) is 15.1. The Morgan fingerprint density at radius 3 is 2.48 bits per heavy atom. The van der Waals surface area contributed by atoms with Crippen molar-refractivity contribution in [2.75, 3.05) is 23.7 Å². The second-order valence-corrected chi connectivity index (χ2v) is 13.6. The number of nitriles is 1. The monoisotopic (exact) mass is 756 g/mol. The van der Waals surface area contributed by atoms with Crippen molar-refractivity contribution in [3.8, 4) is 6.07 Å². The molecule has 7 rings (SSSR count). The van der Waals surface area contributed by atoms with E-state index in [9.17, 15) is 14.4 Å². The molecule has 0 radical (unpaired) electrons. The molecule has 3 heterocycles. The number of halogens is 4. The number of aromatic nitrogens is 1. The quantitative estimate of drug-likeness (QED) is 0.117. The van der Waals surface area contributed by atoms with Crippen LogP contribution in [0.5, 0.6) is 0 Å². The predicted octanol–water partition coefficient (Wildman–Crippen LogP) is 9.07. The molecular formula is C38H32Cl3FN8O2. The van der Waals surface area contributed by atoms with E-state index in [4.69, 9.17) is 39.5 Å². The van der Waals surface area contributed by atoms with Gasteiger partial charge >= 0.3 is 6.09 Å². The van der Waals surface area contributed by atoms with Gasteiger partial charge in [-0.05, 0) is 66.4 Å². The average molecular weight is 758 g/mol. The van der Waals surface area contributed by atoms with Crippen molar-refractivity contribution in [2.45, 2.75) is 31.5 Å². The first-order chi connectivity index (χ1) is 25.2. The summed E-state index contributed by atoms with van der Waals surface area (Å²) in [5.41, 5.74) is 11.6. The average Bonchev–Trinajstić information content (AvgIpc) is 3.66. The van der Waals surface area contributed by atoms with E-state index in [1.54, 1.807) is 11.0 Å². The van der Waals surface area contributed by atoms with Crippen LogP contribution in [0.2, 0.25) is 15.1 Å². The summed E-state index contributed by atoms with van der Waals surface area (Å²) in [6, 6.07) is 26.9. The van der Waals surface area contributed by atoms with E-state index >= 15 is 0 Å². The third-order valence-electron chi connectivity index (χ3n) is 8.99. The van der Waals surface area contributed by atoms with Gasteiger partial charge < -0.3 is 25.7 Å². The highest BCUT2D eigenvalue weighted by atomic mass is 35.5. The van der Waals surface area contributed by atoms with Crippen molar-refractivity contribution in [3.63, 3.8) is 0 Å². The number of likely N-dealkylation sites (tertiary alicyclic amines) is 1. The summed E-state index contributed by atoms with van der Waals surface area (Å²) in [6.07, 6.45) is 4.62. The standard InChI is InChI=1S/C38H32Cl3FN8O2/c39-26-8-6-24(7-9-26)36(34-21-50(48-47-34)29-12-14-49(15-13-29)38(51)52-22-23-4-2-1-3-5-23)46-28-16-30-35(45-27-10-11-33(42)31(40)17-27)25(19-43)20-44-37(30)32(41)18-28/h1-11,16-18,20-21,29,36,46-48H,12-15,22H2,(H,44,45). The zero-order valence-corrected chi connectivity index (χ0v) is 29.8. The Labute approximate surface area is 314 Å². The molecule has 5 aromatic rings. The van der Waals surface area contributed by atoms with Crippen LogP contribution in [0.25, 0.3) is 10.9 Å². The Balaban J connectivity index is 1.12. The van der Waals surface area contributed by atoms with Crippen LogP contribution >= 0.6 is 34.8 Å². The van der Waals surface area contributed by atoms with Crippen molar-refractivity contribution >= 4 is 68.9 Å². The number of carbonyl (C=O) groups excluding carboxylic acids is 1. The van der Waals surface area contributed by atoms with Crippen LogP contribution in [0.15, 0.2) is 103 Å². The first kappa shape index (κ1) is 35.2. The van der Waals surface area contributed by atoms with E-state index < -0.39 is 11.9 Å². The number of hydrazine groups is 2. The molecule has 4 N–H and O–H groups in total. The fraction of sp³-hybridized carbons (Fsp3) is 0.184. The molecule has 0 spiro atoms. The smallest absolute Gasteiger partial charge is 0.410 e. The van der Waals surface area contributed by atoms with Crippen LogP contribution in [-0.4, -0.2) is 40.1 Å². The summed E-state index contributed by atoms with van der Waals surface area (Å²) in [5, 5.41) is 20.3. The molecule has 2 aliphatic heterocycles. The molecule has 0 saturated carbocycles. The number of benzene rings is 4. The maximum absolute atomic E-state index is 13.9. The summed E-state index contributed by atoms with van der Waals surface area (Å²) in [5.74, 6) is -0.553. The Kier molecular flexibility index (Phi) is 10.5. The van der Waals surface area contributed by atoms with Gasteiger partial charge in [0.2, 0.25) is 0 Å². The number of pyridine rings is 1. The lowest BCUT2D eigenvalue weighted by molar-refractivity contribution is 0.0681. The van der Waals surface area contributed by atoms with Gasteiger partial charge in [0.1, 0.15) is 18.5 Å². The summed E-state index contributed by atoms with van der Waals surface area (Å²) >= 11 is 19.1. The number of ether oxygens (including phenoxy) is 1. The molecule has 14 heteroatoms. The zero-order chi connectivity index (χ0) is 36.2. The molecule has 52 heavy (non-hydrogen) atoms. The fourth-order valence-corrected chi connectivity index (χ4v) is 6.84. The molecule has 264 valence electrons. The van der Waals surface area contributed by atoms with Crippen LogP contribution in [0, 0.1) is 17.1 Å². The van der Waals surface area contributed by atoms with Crippen molar-refractivity contribution < 1.29 is 13.9 Å². The number of hydrogen-bond acceptors (Lipinski definition) is 9. The molecule has 10 nitrogen and oxygen atoms in total. The number of piperidine rings is 1. The highest BCUT2D eigenvalue weighted by Crippen LogP contribution is 2.37. The number of amides is 1. The number of carbonyl (C=O) groups is 1. The van der Waals surface area contributed by atoms with Crippen LogP contribution in [0.3, 0.4) is 0 Å².